The number of hydrogen-bond acceptors (Lipinski definition) is 6. The van der Waals surface area contributed by atoms with Crippen LogP contribution in [0.5, 0.6) is 0 Å². The molecule has 1 atom stereocenters. The summed E-state index contributed by atoms with van der Waals surface area (Å²) < 4.78 is 18.5. The lowest BCUT2D eigenvalue weighted by Crippen LogP contribution is -2.44. The summed E-state index contributed by atoms with van der Waals surface area (Å²) in [5.41, 5.74) is -0.591. The highest BCUT2D eigenvalue weighted by Crippen LogP contribution is 2.28. The van der Waals surface area contributed by atoms with E-state index >= 15 is 0 Å². The van der Waals surface area contributed by atoms with E-state index in [1.165, 1.54) is 30.8 Å². The Balaban J connectivity index is 1.82. The number of nitriles is 1. The number of aromatic nitrogens is 4. The maximum atomic E-state index is 14.7. The molecule has 1 aliphatic rings. The molecule has 1 fully saturated rings. The zero-order chi connectivity index (χ0) is 25.3. The van der Waals surface area contributed by atoms with Crippen molar-refractivity contribution in [2.24, 2.45) is 20.0 Å². The van der Waals surface area contributed by atoms with Crippen molar-refractivity contribution in [2.75, 3.05) is 24.5 Å². The average Bonchev–Trinajstić information content (AvgIpc) is 3.23. The second-order valence-corrected chi connectivity index (χ2v) is 8.97. The van der Waals surface area contributed by atoms with Crippen molar-refractivity contribution in [1.82, 2.24) is 24.0 Å². The number of carbonyl (C=O) groups excluding carboxylic acids is 1. The Labute approximate surface area is 205 Å². The molecule has 1 amide bonds. The maximum absolute atomic E-state index is 14.7. The van der Waals surface area contributed by atoms with E-state index in [4.69, 9.17) is 16.9 Å². The lowest BCUT2D eigenvalue weighted by molar-refractivity contribution is -0.125. The quantitative estimate of drug-likeness (QED) is 0.512. The molecule has 0 aliphatic carbocycles. The van der Waals surface area contributed by atoms with Gasteiger partial charge >= 0.3 is 5.69 Å². The summed E-state index contributed by atoms with van der Waals surface area (Å²) in [6.07, 6.45) is 1.57. The maximum Gasteiger partial charge on any atom is 0.332 e. The SMILES string of the molecule is Cn1c(=O)c2c(nc(N3CCCC(C(=O)NCCC#N)C3)n2Cc2c(F)cccc2Cl)n(C)c1=O. The number of aryl methyl sites for hydroxylation is 1. The number of halogens is 2. The summed E-state index contributed by atoms with van der Waals surface area (Å²) >= 11 is 6.29. The molecule has 1 saturated heterocycles. The van der Waals surface area contributed by atoms with Gasteiger partial charge in [0.25, 0.3) is 5.56 Å². The van der Waals surface area contributed by atoms with Crippen molar-refractivity contribution in [3.05, 3.63) is 55.4 Å². The highest BCUT2D eigenvalue weighted by molar-refractivity contribution is 6.31. The summed E-state index contributed by atoms with van der Waals surface area (Å²) in [5, 5.41) is 11.7. The Morgan fingerprint density at radius 2 is 2.09 bits per heavy atom. The number of amides is 1. The molecular weight excluding hydrogens is 477 g/mol. The second kappa shape index (κ2) is 9.92. The normalized spacial score (nSPS) is 15.9. The van der Waals surface area contributed by atoms with Crippen molar-refractivity contribution in [3.63, 3.8) is 0 Å². The van der Waals surface area contributed by atoms with Crippen LogP contribution < -0.4 is 21.5 Å². The molecule has 0 saturated carbocycles. The first-order valence-corrected chi connectivity index (χ1v) is 11.6. The van der Waals surface area contributed by atoms with Gasteiger partial charge in [-0.05, 0) is 25.0 Å². The number of nitrogens with one attached hydrogen (secondary N) is 1. The number of imidazole rings is 1. The molecule has 2 aromatic heterocycles. The molecule has 1 aromatic carbocycles. The lowest BCUT2D eigenvalue weighted by atomic mass is 9.97. The van der Waals surface area contributed by atoms with Gasteiger partial charge in [0.05, 0.1) is 25.0 Å². The molecule has 10 nitrogen and oxygen atoms in total. The zero-order valence-electron chi connectivity index (χ0n) is 19.4. The molecular formula is C23H25ClFN7O3. The molecule has 3 aromatic rings. The van der Waals surface area contributed by atoms with E-state index < -0.39 is 17.1 Å². The molecule has 1 N–H and O–H groups in total. The van der Waals surface area contributed by atoms with Gasteiger partial charge in [-0.2, -0.15) is 10.2 Å². The van der Waals surface area contributed by atoms with Gasteiger partial charge in [0.2, 0.25) is 11.9 Å². The summed E-state index contributed by atoms with van der Waals surface area (Å²) in [6.45, 7) is 1.07. The Kier molecular flexibility index (Phi) is 6.93. The molecule has 4 rings (SSSR count). The fraction of sp³-hybridized carbons (Fsp3) is 0.435. The van der Waals surface area contributed by atoms with Crippen LogP contribution in [-0.2, 0) is 25.4 Å². The van der Waals surface area contributed by atoms with Crippen LogP contribution in [0, 0.1) is 23.1 Å². The third-order valence-corrected chi connectivity index (χ3v) is 6.67. The minimum Gasteiger partial charge on any atom is -0.355 e. The number of carbonyl (C=O) groups is 1. The first-order valence-electron chi connectivity index (χ1n) is 11.2. The number of piperidine rings is 1. The molecule has 0 radical (unpaired) electrons. The second-order valence-electron chi connectivity index (χ2n) is 8.56. The largest absolute Gasteiger partial charge is 0.355 e. The van der Waals surface area contributed by atoms with Crippen LogP contribution >= 0.6 is 11.6 Å². The van der Waals surface area contributed by atoms with Gasteiger partial charge in [0.1, 0.15) is 5.82 Å². The predicted octanol–water partition coefficient (Wildman–Crippen LogP) is 1.52. The zero-order valence-corrected chi connectivity index (χ0v) is 20.2. The van der Waals surface area contributed by atoms with Gasteiger partial charge in [-0.3, -0.25) is 23.3 Å². The van der Waals surface area contributed by atoms with E-state index in [2.05, 4.69) is 10.3 Å². The van der Waals surface area contributed by atoms with Crippen LogP contribution in [0.1, 0.15) is 24.8 Å². The molecule has 1 aliphatic heterocycles. The van der Waals surface area contributed by atoms with E-state index in [0.29, 0.717) is 31.9 Å². The minimum absolute atomic E-state index is 0.0830. The predicted molar refractivity (Wildman–Crippen MR) is 129 cm³/mol. The van der Waals surface area contributed by atoms with Crippen LogP contribution in [0.25, 0.3) is 11.2 Å². The molecule has 35 heavy (non-hydrogen) atoms. The number of anilines is 1. The summed E-state index contributed by atoms with van der Waals surface area (Å²) in [4.78, 5) is 44.8. The molecule has 1 unspecified atom stereocenters. The number of benzene rings is 1. The Morgan fingerprint density at radius 3 is 2.80 bits per heavy atom. The monoisotopic (exact) mass is 501 g/mol. The highest BCUT2D eigenvalue weighted by atomic mass is 35.5. The summed E-state index contributed by atoms with van der Waals surface area (Å²) in [6, 6.07) is 6.35. The van der Waals surface area contributed by atoms with E-state index in [0.717, 1.165) is 4.57 Å². The summed E-state index contributed by atoms with van der Waals surface area (Å²) in [7, 11) is 2.89. The standard InChI is InChI=1S/C23H25ClFN7O3/c1-29-19-18(21(34)30(2)23(29)35)32(13-15-16(24)7-3-8-17(15)25)22(28-19)31-11-4-6-14(12-31)20(33)27-10-5-9-26/h3,7-8,14H,4-6,10-13H2,1-2H3,(H,27,33). The Morgan fingerprint density at radius 1 is 1.31 bits per heavy atom. The van der Waals surface area contributed by atoms with E-state index in [1.807, 2.05) is 11.0 Å². The highest BCUT2D eigenvalue weighted by Gasteiger charge is 2.30. The van der Waals surface area contributed by atoms with Gasteiger partial charge < -0.3 is 10.2 Å². The Bertz CT molecular complexity index is 1430. The van der Waals surface area contributed by atoms with Crippen LogP contribution in [0.2, 0.25) is 5.02 Å². The third-order valence-electron chi connectivity index (χ3n) is 6.32. The van der Waals surface area contributed by atoms with Crippen molar-refractivity contribution in [2.45, 2.75) is 25.8 Å². The van der Waals surface area contributed by atoms with E-state index in [1.54, 1.807) is 10.6 Å². The van der Waals surface area contributed by atoms with Gasteiger partial charge in [0, 0.05) is 44.3 Å². The van der Waals surface area contributed by atoms with Crippen molar-refractivity contribution in [1.29, 1.82) is 5.26 Å². The van der Waals surface area contributed by atoms with E-state index in [9.17, 15) is 18.8 Å². The number of rotatable bonds is 6. The van der Waals surface area contributed by atoms with Gasteiger partial charge in [-0.25, -0.2) is 9.18 Å². The molecule has 3 heterocycles. The van der Waals surface area contributed by atoms with Crippen LogP contribution in [-0.4, -0.2) is 44.2 Å². The van der Waals surface area contributed by atoms with Crippen LogP contribution in [0.4, 0.5) is 10.3 Å². The number of fused-ring (bicyclic) bond motifs is 1. The topological polar surface area (TPSA) is 118 Å². The third kappa shape index (κ3) is 4.53. The lowest BCUT2D eigenvalue weighted by Gasteiger charge is -2.33. The Hall–Kier alpha value is -3.65. The molecule has 184 valence electrons. The van der Waals surface area contributed by atoms with Crippen molar-refractivity contribution >= 4 is 34.6 Å². The van der Waals surface area contributed by atoms with Crippen LogP contribution in [0.3, 0.4) is 0 Å². The van der Waals surface area contributed by atoms with Gasteiger partial charge in [0.15, 0.2) is 11.2 Å². The average molecular weight is 502 g/mol. The van der Waals surface area contributed by atoms with Crippen molar-refractivity contribution < 1.29 is 9.18 Å². The number of hydrogen-bond donors (Lipinski definition) is 1. The first kappa shape index (κ1) is 24.5. The van der Waals surface area contributed by atoms with E-state index in [-0.39, 0.29) is 53.1 Å². The van der Waals surface area contributed by atoms with Crippen molar-refractivity contribution in [3.8, 4) is 6.07 Å². The molecule has 0 spiro atoms. The fourth-order valence-electron chi connectivity index (χ4n) is 4.43. The minimum atomic E-state index is -0.558. The molecule has 0 bridgehead atoms. The summed E-state index contributed by atoms with van der Waals surface area (Å²) in [5.74, 6) is -0.681. The van der Waals surface area contributed by atoms with Crippen LogP contribution in [0.15, 0.2) is 27.8 Å². The van der Waals surface area contributed by atoms with Gasteiger partial charge in [-0.15, -0.1) is 0 Å². The fourth-order valence-corrected chi connectivity index (χ4v) is 4.65. The first-order chi connectivity index (χ1) is 16.7. The number of nitrogens with zero attached hydrogens (tertiary/aromatic N) is 6. The smallest absolute Gasteiger partial charge is 0.332 e. The molecule has 12 heteroatoms. The van der Waals surface area contributed by atoms with Gasteiger partial charge in [-0.1, -0.05) is 17.7 Å².